The third-order valence-corrected chi connectivity index (χ3v) is 4.34. The molecule has 1 amide bonds. The van der Waals surface area contributed by atoms with E-state index in [0.717, 1.165) is 10.4 Å². The summed E-state index contributed by atoms with van der Waals surface area (Å²) >= 11 is 1.53. The number of aliphatic hydroxyl groups is 1. The van der Waals surface area contributed by atoms with E-state index in [1.807, 2.05) is 66.6 Å². The Kier molecular flexibility index (Phi) is 6.77. The van der Waals surface area contributed by atoms with Gasteiger partial charge in [-0.3, -0.25) is 9.69 Å². The molecule has 5 heteroatoms. The van der Waals surface area contributed by atoms with Crippen LogP contribution in [0.4, 0.5) is 0 Å². The first-order valence-corrected chi connectivity index (χ1v) is 8.69. The van der Waals surface area contributed by atoms with Crippen molar-refractivity contribution in [1.82, 2.24) is 10.2 Å². The Morgan fingerprint density at radius 2 is 1.96 bits per heavy atom. The van der Waals surface area contributed by atoms with Crippen molar-refractivity contribution in [2.75, 3.05) is 13.1 Å². The lowest BCUT2D eigenvalue weighted by Gasteiger charge is -2.25. The zero-order chi connectivity index (χ0) is 16.7. The molecule has 0 radical (unpaired) electrons. The summed E-state index contributed by atoms with van der Waals surface area (Å²) in [5, 5.41) is 15.2. The minimum atomic E-state index is -0.578. The molecule has 1 aromatic heterocycles. The van der Waals surface area contributed by atoms with Crippen LogP contribution in [0.25, 0.3) is 0 Å². The highest BCUT2D eigenvalue weighted by Crippen LogP contribution is 2.20. The van der Waals surface area contributed by atoms with Gasteiger partial charge in [0.05, 0.1) is 6.54 Å². The lowest BCUT2D eigenvalue weighted by molar-refractivity contribution is -0.123. The average Bonchev–Trinajstić information content (AvgIpc) is 3.01. The molecule has 0 bridgehead atoms. The van der Waals surface area contributed by atoms with Gasteiger partial charge in [0, 0.05) is 24.0 Å². The van der Waals surface area contributed by atoms with Crippen molar-refractivity contribution in [1.29, 1.82) is 0 Å². The number of nitrogens with zero attached hydrogens (tertiary/aromatic N) is 1. The Hall–Kier alpha value is -1.69. The minimum Gasteiger partial charge on any atom is -0.386 e. The fourth-order valence-electron chi connectivity index (χ4n) is 2.41. The molecule has 0 saturated heterocycles. The van der Waals surface area contributed by atoms with Crippen LogP contribution in [0, 0.1) is 0 Å². The summed E-state index contributed by atoms with van der Waals surface area (Å²) < 4.78 is 0. The number of hydrogen-bond acceptors (Lipinski definition) is 4. The maximum absolute atomic E-state index is 12.1. The summed E-state index contributed by atoms with van der Waals surface area (Å²) in [6, 6.07) is 14.0. The zero-order valence-electron chi connectivity index (χ0n) is 13.6. The van der Waals surface area contributed by atoms with Crippen molar-refractivity contribution < 1.29 is 9.90 Å². The van der Waals surface area contributed by atoms with Crippen LogP contribution in [-0.2, 0) is 11.3 Å². The second-order valence-corrected chi connectivity index (χ2v) is 6.89. The number of aliphatic hydroxyl groups excluding tert-OH is 1. The molecular weight excluding hydrogens is 308 g/mol. The van der Waals surface area contributed by atoms with E-state index < -0.39 is 6.10 Å². The van der Waals surface area contributed by atoms with Gasteiger partial charge in [-0.05, 0) is 30.9 Å². The van der Waals surface area contributed by atoms with Gasteiger partial charge in [-0.2, -0.15) is 0 Å². The molecule has 124 valence electrons. The van der Waals surface area contributed by atoms with Gasteiger partial charge in [-0.1, -0.05) is 36.4 Å². The van der Waals surface area contributed by atoms with Crippen LogP contribution in [0.3, 0.4) is 0 Å². The number of amides is 1. The summed E-state index contributed by atoms with van der Waals surface area (Å²) in [6.45, 7) is 5.23. The van der Waals surface area contributed by atoms with Gasteiger partial charge in [0.2, 0.25) is 5.91 Å². The summed E-state index contributed by atoms with van der Waals surface area (Å²) in [4.78, 5) is 15.0. The predicted molar refractivity (Wildman–Crippen MR) is 94.3 cm³/mol. The van der Waals surface area contributed by atoms with Crippen LogP contribution in [0.1, 0.15) is 30.4 Å². The molecule has 2 aromatic rings. The Bertz CT molecular complexity index is 584. The van der Waals surface area contributed by atoms with Gasteiger partial charge in [0.1, 0.15) is 6.10 Å². The third kappa shape index (κ3) is 6.14. The molecule has 23 heavy (non-hydrogen) atoms. The van der Waals surface area contributed by atoms with Crippen LogP contribution in [-0.4, -0.2) is 35.0 Å². The molecule has 1 aromatic carbocycles. The molecule has 0 aliphatic carbocycles. The first kappa shape index (κ1) is 17.7. The van der Waals surface area contributed by atoms with E-state index in [-0.39, 0.29) is 18.5 Å². The second-order valence-electron chi connectivity index (χ2n) is 5.91. The quantitative estimate of drug-likeness (QED) is 0.781. The van der Waals surface area contributed by atoms with Crippen LogP contribution < -0.4 is 5.32 Å². The number of benzene rings is 1. The van der Waals surface area contributed by atoms with Gasteiger partial charge >= 0.3 is 0 Å². The molecule has 2 N–H and O–H groups in total. The van der Waals surface area contributed by atoms with E-state index in [4.69, 9.17) is 0 Å². The highest BCUT2D eigenvalue weighted by atomic mass is 32.1. The SMILES string of the molecule is CC(C)NC(=O)CN(Cc1ccccc1)CC(O)c1cccs1. The van der Waals surface area contributed by atoms with Crippen molar-refractivity contribution in [2.24, 2.45) is 0 Å². The van der Waals surface area contributed by atoms with E-state index >= 15 is 0 Å². The fourth-order valence-corrected chi connectivity index (χ4v) is 3.12. The first-order valence-electron chi connectivity index (χ1n) is 7.81. The van der Waals surface area contributed by atoms with Crippen LogP contribution in [0.15, 0.2) is 47.8 Å². The van der Waals surface area contributed by atoms with Gasteiger partial charge in [0.15, 0.2) is 0 Å². The topological polar surface area (TPSA) is 52.6 Å². The lowest BCUT2D eigenvalue weighted by Crippen LogP contribution is -2.41. The standard InChI is InChI=1S/C18H24N2O2S/c1-14(2)19-18(22)13-20(11-15-7-4-3-5-8-15)12-16(21)17-9-6-10-23-17/h3-10,14,16,21H,11-13H2,1-2H3,(H,19,22). The normalized spacial score (nSPS) is 12.6. The van der Waals surface area contributed by atoms with Gasteiger partial charge in [-0.25, -0.2) is 0 Å². The van der Waals surface area contributed by atoms with E-state index in [0.29, 0.717) is 13.1 Å². The Balaban J connectivity index is 2.02. The number of rotatable bonds is 8. The molecule has 0 spiro atoms. The van der Waals surface area contributed by atoms with E-state index in [1.54, 1.807) is 0 Å². The molecule has 1 heterocycles. The van der Waals surface area contributed by atoms with Gasteiger partial charge in [0.25, 0.3) is 0 Å². The molecule has 1 unspecified atom stereocenters. The Morgan fingerprint density at radius 3 is 2.57 bits per heavy atom. The highest BCUT2D eigenvalue weighted by molar-refractivity contribution is 7.10. The number of thiophene rings is 1. The summed E-state index contributed by atoms with van der Waals surface area (Å²) in [5.74, 6) is -0.0192. The minimum absolute atomic E-state index is 0.0192. The number of hydrogen-bond donors (Lipinski definition) is 2. The van der Waals surface area contributed by atoms with Gasteiger partial charge < -0.3 is 10.4 Å². The summed E-state index contributed by atoms with van der Waals surface area (Å²) in [7, 11) is 0. The molecular formula is C18H24N2O2S. The largest absolute Gasteiger partial charge is 0.386 e. The molecule has 4 nitrogen and oxygen atoms in total. The van der Waals surface area contributed by atoms with Crippen molar-refractivity contribution in [2.45, 2.75) is 32.5 Å². The maximum atomic E-state index is 12.1. The van der Waals surface area contributed by atoms with Crippen molar-refractivity contribution in [3.63, 3.8) is 0 Å². The zero-order valence-corrected chi connectivity index (χ0v) is 14.4. The Morgan fingerprint density at radius 1 is 1.22 bits per heavy atom. The first-order chi connectivity index (χ1) is 11.0. The predicted octanol–water partition coefficient (Wildman–Crippen LogP) is 2.81. The monoisotopic (exact) mass is 332 g/mol. The maximum Gasteiger partial charge on any atom is 0.234 e. The van der Waals surface area contributed by atoms with Crippen molar-refractivity contribution in [3.8, 4) is 0 Å². The van der Waals surface area contributed by atoms with Crippen LogP contribution in [0.5, 0.6) is 0 Å². The van der Waals surface area contributed by atoms with E-state index in [1.165, 1.54) is 11.3 Å². The second kappa shape index (κ2) is 8.82. The number of carbonyl (C=O) groups is 1. The van der Waals surface area contributed by atoms with Crippen LogP contribution in [0.2, 0.25) is 0 Å². The fraction of sp³-hybridized carbons (Fsp3) is 0.389. The van der Waals surface area contributed by atoms with E-state index in [9.17, 15) is 9.90 Å². The number of carbonyl (C=O) groups excluding carboxylic acids is 1. The van der Waals surface area contributed by atoms with Crippen molar-refractivity contribution >= 4 is 17.2 Å². The Labute approximate surface area is 141 Å². The molecule has 0 saturated carbocycles. The smallest absolute Gasteiger partial charge is 0.234 e. The van der Waals surface area contributed by atoms with Crippen LogP contribution >= 0.6 is 11.3 Å². The van der Waals surface area contributed by atoms with Crippen molar-refractivity contribution in [3.05, 3.63) is 58.3 Å². The lowest BCUT2D eigenvalue weighted by atomic mass is 10.2. The average molecular weight is 332 g/mol. The molecule has 0 aliphatic heterocycles. The number of nitrogens with one attached hydrogen (secondary N) is 1. The van der Waals surface area contributed by atoms with Gasteiger partial charge in [-0.15, -0.1) is 11.3 Å². The molecule has 0 aliphatic rings. The third-order valence-electron chi connectivity index (χ3n) is 3.37. The summed E-state index contributed by atoms with van der Waals surface area (Å²) in [6.07, 6.45) is -0.578. The molecule has 0 fully saturated rings. The molecule has 2 rings (SSSR count). The molecule has 1 atom stereocenters. The summed E-state index contributed by atoms with van der Waals surface area (Å²) in [5.41, 5.74) is 1.13. The highest BCUT2D eigenvalue weighted by Gasteiger charge is 2.18. The van der Waals surface area contributed by atoms with E-state index in [2.05, 4.69) is 5.32 Å².